The van der Waals surface area contributed by atoms with Gasteiger partial charge in [0.1, 0.15) is 0 Å². The van der Waals surface area contributed by atoms with Crippen molar-refractivity contribution < 1.29 is 0 Å². The number of hydrogen-bond acceptors (Lipinski definition) is 1. The van der Waals surface area contributed by atoms with E-state index in [2.05, 4.69) is 47.7 Å². The van der Waals surface area contributed by atoms with E-state index < -0.39 is 0 Å². The molecule has 0 aliphatic carbocycles. The van der Waals surface area contributed by atoms with E-state index in [9.17, 15) is 0 Å². The molecule has 0 saturated carbocycles. The van der Waals surface area contributed by atoms with E-state index in [1.165, 1.54) is 27.7 Å². The fourth-order valence-corrected chi connectivity index (χ4v) is 4.42. The van der Waals surface area contributed by atoms with Gasteiger partial charge in [0.25, 0.3) is 0 Å². The van der Waals surface area contributed by atoms with Crippen molar-refractivity contribution in [3.63, 3.8) is 0 Å². The fourth-order valence-electron chi connectivity index (χ4n) is 4.01. The molecule has 1 aromatic heterocycles. The zero-order valence-corrected chi connectivity index (χ0v) is 16.1. The van der Waals surface area contributed by atoms with E-state index in [0.29, 0.717) is 6.04 Å². The Morgan fingerprint density at radius 2 is 1.84 bits per heavy atom. The molecule has 3 aromatic rings. The van der Waals surface area contributed by atoms with Gasteiger partial charge in [-0.2, -0.15) is 0 Å². The minimum absolute atomic E-state index is 0.418. The van der Waals surface area contributed by atoms with Crippen LogP contribution in [-0.4, -0.2) is 23.1 Å². The maximum absolute atomic E-state index is 6.62. The first kappa shape index (κ1) is 17.0. The van der Waals surface area contributed by atoms with Gasteiger partial charge in [0.15, 0.2) is 0 Å². The number of halogens is 2. The normalized spacial score (nSPS) is 17.8. The first-order valence-electron chi connectivity index (χ1n) is 8.80. The van der Waals surface area contributed by atoms with Gasteiger partial charge in [0.05, 0.1) is 10.5 Å². The molecule has 130 valence electrons. The van der Waals surface area contributed by atoms with Crippen LogP contribution in [0.2, 0.25) is 10.0 Å². The summed E-state index contributed by atoms with van der Waals surface area (Å²) in [5, 5.41) is 2.93. The molecule has 0 fully saturated rings. The molecule has 0 radical (unpaired) electrons. The van der Waals surface area contributed by atoms with E-state index in [0.717, 1.165) is 36.0 Å². The van der Waals surface area contributed by atoms with Crippen LogP contribution in [0.3, 0.4) is 0 Å². The first-order chi connectivity index (χ1) is 12.1. The monoisotopic (exact) mass is 372 g/mol. The predicted molar refractivity (Wildman–Crippen MR) is 107 cm³/mol. The van der Waals surface area contributed by atoms with Gasteiger partial charge in [-0.25, -0.2) is 0 Å². The molecule has 4 heteroatoms. The van der Waals surface area contributed by atoms with Crippen molar-refractivity contribution in [1.29, 1.82) is 0 Å². The topological polar surface area (TPSA) is 8.17 Å². The van der Waals surface area contributed by atoms with E-state index in [-0.39, 0.29) is 0 Å². The second-order valence-corrected chi connectivity index (χ2v) is 7.77. The van der Waals surface area contributed by atoms with Gasteiger partial charge in [0, 0.05) is 41.7 Å². The predicted octanol–water partition coefficient (Wildman–Crippen LogP) is 5.74. The van der Waals surface area contributed by atoms with Gasteiger partial charge in [-0.05, 0) is 49.7 Å². The Bertz CT molecular complexity index is 912. The number of aryl methyl sites for hydroxylation is 2. The Balaban J connectivity index is 1.79. The summed E-state index contributed by atoms with van der Waals surface area (Å²) in [7, 11) is 2.20. The molecule has 0 amide bonds. The molecule has 0 N–H and O–H groups in total. The lowest BCUT2D eigenvalue weighted by Gasteiger charge is -2.31. The second kappa shape index (κ2) is 6.68. The Kier molecular flexibility index (Phi) is 4.53. The van der Waals surface area contributed by atoms with Crippen LogP contribution < -0.4 is 0 Å². The number of para-hydroxylation sites is 1. The third-order valence-corrected chi connectivity index (χ3v) is 6.06. The maximum atomic E-state index is 6.62. The van der Waals surface area contributed by atoms with Crippen molar-refractivity contribution in [2.24, 2.45) is 0 Å². The van der Waals surface area contributed by atoms with Gasteiger partial charge in [-0.15, -0.1) is 0 Å². The molecule has 2 heterocycles. The SMILES string of the molecule is CC1c2c(n(CCc3ccc(Cl)cc3)c3c(Cl)cccc23)CCN1C. The van der Waals surface area contributed by atoms with E-state index in [1.807, 2.05) is 18.2 Å². The molecule has 1 aliphatic heterocycles. The largest absolute Gasteiger partial charge is 0.343 e. The van der Waals surface area contributed by atoms with E-state index in [4.69, 9.17) is 23.2 Å². The molecule has 2 aromatic carbocycles. The van der Waals surface area contributed by atoms with Gasteiger partial charge in [-0.3, -0.25) is 4.90 Å². The van der Waals surface area contributed by atoms with Crippen LogP contribution >= 0.6 is 23.2 Å². The molecule has 1 unspecified atom stereocenters. The van der Waals surface area contributed by atoms with Crippen LogP contribution in [0.25, 0.3) is 10.9 Å². The smallest absolute Gasteiger partial charge is 0.0675 e. The number of benzene rings is 2. The number of rotatable bonds is 3. The highest BCUT2D eigenvalue weighted by Crippen LogP contribution is 2.39. The lowest BCUT2D eigenvalue weighted by molar-refractivity contribution is 0.245. The molecule has 4 rings (SSSR count). The van der Waals surface area contributed by atoms with Gasteiger partial charge < -0.3 is 4.57 Å². The van der Waals surface area contributed by atoms with E-state index >= 15 is 0 Å². The summed E-state index contributed by atoms with van der Waals surface area (Å²) in [4.78, 5) is 2.42. The number of nitrogens with zero attached hydrogens (tertiary/aromatic N) is 2. The zero-order valence-electron chi connectivity index (χ0n) is 14.6. The van der Waals surface area contributed by atoms with Crippen molar-refractivity contribution in [3.05, 3.63) is 69.3 Å². The molecule has 25 heavy (non-hydrogen) atoms. The third-order valence-electron chi connectivity index (χ3n) is 5.50. The summed E-state index contributed by atoms with van der Waals surface area (Å²) in [6, 6.07) is 14.8. The highest BCUT2D eigenvalue weighted by molar-refractivity contribution is 6.35. The second-order valence-electron chi connectivity index (χ2n) is 6.93. The van der Waals surface area contributed by atoms with E-state index in [1.54, 1.807) is 0 Å². The van der Waals surface area contributed by atoms with Crippen LogP contribution in [0.5, 0.6) is 0 Å². The van der Waals surface area contributed by atoms with Crippen LogP contribution in [-0.2, 0) is 19.4 Å². The van der Waals surface area contributed by atoms with Crippen LogP contribution in [0.15, 0.2) is 42.5 Å². The lowest BCUT2D eigenvalue weighted by Crippen LogP contribution is -2.31. The molecular formula is C21H22Cl2N2. The Hall–Kier alpha value is -1.48. The lowest BCUT2D eigenvalue weighted by atomic mass is 9.97. The molecule has 2 nitrogen and oxygen atoms in total. The average Bonchev–Trinajstić information content (AvgIpc) is 2.93. The quantitative estimate of drug-likeness (QED) is 0.568. The number of likely N-dealkylation sites (N-methyl/N-ethyl adjacent to an activating group) is 1. The summed E-state index contributed by atoms with van der Waals surface area (Å²) >= 11 is 12.6. The highest BCUT2D eigenvalue weighted by atomic mass is 35.5. The van der Waals surface area contributed by atoms with Crippen LogP contribution in [0, 0.1) is 0 Å². The number of aromatic nitrogens is 1. The van der Waals surface area contributed by atoms with Crippen molar-refractivity contribution in [2.75, 3.05) is 13.6 Å². The zero-order chi connectivity index (χ0) is 17.6. The van der Waals surface area contributed by atoms with Crippen LogP contribution in [0.4, 0.5) is 0 Å². The summed E-state index contributed by atoms with van der Waals surface area (Å²) in [5.41, 5.74) is 5.38. The maximum Gasteiger partial charge on any atom is 0.0675 e. The highest BCUT2D eigenvalue weighted by Gasteiger charge is 2.28. The summed E-state index contributed by atoms with van der Waals surface area (Å²) in [5.74, 6) is 0. The van der Waals surface area contributed by atoms with Crippen LogP contribution in [0.1, 0.15) is 29.8 Å². The van der Waals surface area contributed by atoms with Gasteiger partial charge in [0.2, 0.25) is 0 Å². The first-order valence-corrected chi connectivity index (χ1v) is 9.56. The third kappa shape index (κ3) is 2.97. The van der Waals surface area contributed by atoms with Crippen molar-refractivity contribution >= 4 is 34.1 Å². The Labute approximate surface area is 159 Å². The van der Waals surface area contributed by atoms with Crippen molar-refractivity contribution in [2.45, 2.75) is 32.4 Å². The number of fused-ring (bicyclic) bond motifs is 3. The van der Waals surface area contributed by atoms with Gasteiger partial charge >= 0.3 is 0 Å². The Morgan fingerprint density at radius 1 is 1.08 bits per heavy atom. The molecule has 1 atom stereocenters. The molecular weight excluding hydrogens is 351 g/mol. The molecule has 0 spiro atoms. The summed E-state index contributed by atoms with van der Waals surface area (Å²) < 4.78 is 2.45. The average molecular weight is 373 g/mol. The van der Waals surface area contributed by atoms with Crippen molar-refractivity contribution in [3.8, 4) is 0 Å². The van der Waals surface area contributed by atoms with Crippen molar-refractivity contribution in [1.82, 2.24) is 9.47 Å². The Morgan fingerprint density at radius 3 is 2.60 bits per heavy atom. The minimum atomic E-state index is 0.418. The standard InChI is InChI=1S/C21H22Cl2N2/c1-14-20-17-4-3-5-18(23)21(17)25(19(20)11-12-24(14)2)13-10-15-6-8-16(22)9-7-15/h3-9,14H,10-13H2,1-2H3. The summed E-state index contributed by atoms with van der Waals surface area (Å²) in [6.45, 7) is 4.32. The summed E-state index contributed by atoms with van der Waals surface area (Å²) in [6.07, 6.45) is 2.05. The fraction of sp³-hybridized carbons (Fsp3) is 0.333. The number of hydrogen-bond donors (Lipinski definition) is 0. The molecule has 0 bridgehead atoms. The molecule has 0 saturated heterocycles. The molecule has 1 aliphatic rings. The minimum Gasteiger partial charge on any atom is -0.343 e. The van der Waals surface area contributed by atoms with Gasteiger partial charge in [-0.1, -0.05) is 47.5 Å².